The molecule has 8 heteroatoms. The largest absolute Gasteiger partial charge is 0.337 e. The highest BCUT2D eigenvalue weighted by Gasteiger charge is 2.23. The summed E-state index contributed by atoms with van der Waals surface area (Å²) >= 11 is 0. The average molecular weight is 366 g/mol. The molecule has 1 saturated heterocycles. The summed E-state index contributed by atoms with van der Waals surface area (Å²) in [5.74, 6) is 0.813. The van der Waals surface area contributed by atoms with Gasteiger partial charge in [-0.3, -0.25) is 9.58 Å². The zero-order valence-electron chi connectivity index (χ0n) is 16.0. The van der Waals surface area contributed by atoms with Crippen LogP contribution in [0.2, 0.25) is 0 Å². The van der Waals surface area contributed by atoms with E-state index in [4.69, 9.17) is 0 Å². The molecule has 0 bridgehead atoms. The van der Waals surface area contributed by atoms with Crippen molar-refractivity contribution in [3.05, 3.63) is 47.8 Å². The molecule has 2 aromatic heterocycles. The number of anilines is 1. The minimum atomic E-state index is 0.813. The molecule has 27 heavy (non-hydrogen) atoms. The van der Waals surface area contributed by atoms with Crippen LogP contribution < -0.4 is 4.90 Å². The highest BCUT2D eigenvalue weighted by Crippen LogP contribution is 2.18. The second kappa shape index (κ2) is 7.87. The van der Waals surface area contributed by atoms with E-state index in [2.05, 4.69) is 49.0 Å². The van der Waals surface area contributed by atoms with Crippen molar-refractivity contribution >= 4 is 5.95 Å². The third-order valence-corrected chi connectivity index (χ3v) is 5.14. The third-order valence-electron chi connectivity index (χ3n) is 5.14. The monoisotopic (exact) mass is 366 g/mol. The molecule has 1 aromatic carbocycles. The maximum absolute atomic E-state index is 4.52. The van der Waals surface area contributed by atoms with Crippen molar-refractivity contribution in [1.82, 2.24) is 34.9 Å². The van der Waals surface area contributed by atoms with Crippen LogP contribution in [0.5, 0.6) is 0 Å². The quantitative estimate of drug-likeness (QED) is 0.664. The molecular formula is C19H26N8. The smallest absolute Gasteiger partial charge is 0.250 e. The van der Waals surface area contributed by atoms with Gasteiger partial charge in [0.1, 0.15) is 0 Å². The second-order valence-electron chi connectivity index (χ2n) is 6.97. The highest BCUT2D eigenvalue weighted by atomic mass is 15.6. The lowest BCUT2D eigenvalue weighted by Crippen LogP contribution is -2.46. The van der Waals surface area contributed by atoms with Gasteiger partial charge < -0.3 is 4.90 Å². The fourth-order valence-electron chi connectivity index (χ4n) is 3.54. The summed E-state index contributed by atoms with van der Waals surface area (Å²) in [7, 11) is 0. The Morgan fingerprint density at radius 2 is 1.81 bits per heavy atom. The zero-order chi connectivity index (χ0) is 18.6. The van der Waals surface area contributed by atoms with Gasteiger partial charge in [-0.25, -0.2) is 0 Å². The lowest BCUT2D eigenvalue weighted by molar-refractivity contribution is 0.247. The molecule has 3 heterocycles. The van der Waals surface area contributed by atoms with Crippen LogP contribution in [0, 0.1) is 6.92 Å². The first-order chi connectivity index (χ1) is 13.3. The molecule has 3 aromatic rings. The van der Waals surface area contributed by atoms with Crippen LogP contribution in [0.25, 0.3) is 5.69 Å². The molecule has 0 unspecified atom stereocenters. The van der Waals surface area contributed by atoms with E-state index in [-0.39, 0.29) is 0 Å². The SMILES string of the molecule is CCCn1ncc(CN2CCN(c3nnnn3-c3ccccc3)CC2)c1C. The Hall–Kier alpha value is -2.74. The summed E-state index contributed by atoms with van der Waals surface area (Å²) in [4.78, 5) is 4.74. The van der Waals surface area contributed by atoms with Crippen LogP contribution in [-0.2, 0) is 13.1 Å². The molecular weight excluding hydrogens is 340 g/mol. The van der Waals surface area contributed by atoms with Crippen molar-refractivity contribution < 1.29 is 0 Å². The van der Waals surface area contributed by atoms with Gasteiger partial charge in [0.15, 0.2) is 0 Å². The first kappa shape index (κ1) is 17.7. The molecule has 0 radical (unpaired) electrons. The summed E-state index contributed by atoms with van der Waals surface area (Å²) in [6.07, 6.45) is 3.13. The molecule has 0 amide bonds. The van der Waals surface area contributed by atoms with Crippen LogP contribution in [0.15, 0.2) is 36.5 Å². The van der Waals surface area contributed by atoms with E-state index in [0.717, 1.165) is 57.3 Å². The Kier molecular flexibility index (Phi) is 5.15. The maximum atomic E-state index is 4.52. The molecule has 1 fully saturated rings. The molecule has 1 aliphatic rings. The van der Waals surface area contributed by atoms with Gasteiger partial charge in [0.2, 0.25) is 5.95 Å². The number of para-hydroxylation sites is 1. The summed E-state index contributed by atoms with van der Waals surface area (Å²) in [5.41, 5.74) is 3.59. The number of nitrogens with zero attached hydrogens (tertiary/aromatic N) is 8. The standard InChI is InChI=1S/C19H26N8/c1-3-9-26-16(2)17(14-20-26)15-24-10-12-25(13-11-24)19-21-22-23-27(19)18-7-5-4-6-8-18/h4-8,14H,3,9-13,15H2,1-2H3. The second-order valence-corrected chi connectivity index (χ2v) is 6.97. The molecule has 0 N–H and O–H groups in total. The normalized spacial score (nSPS) is 15.4. The third kappa shape index (κ3) is 3.71. The van der Waals surface area contributed by atoms with Gasteiger partial charge in [-0.15, -0.1) is 0 Å². The van der Waals surface area contributed by atoms with E-state index < -0.39 is 0 Å². The minimum absolute atomic E-state index is 0.813. The van der Waals surface area contributed by atoms with Crippen LogP contribution in [-0.4, -0.2) is 61.1 Å². The molecule has 1 aliphatic heterocycles. The van der Waals surface area contributed by atoms with E-state index in [1.54, 1.807) is 0 Å². The summed E-state index contributed by atoms with van der Waals surface area (Å²) in [6.45, 7) is 10.1. The first-order valence-corrected chi connectivity index (χ1v) is 9.58. The molecule has 0 atom stereocenters. The van der Waals surface area contributed by atoms with Gasteiger partial charge in [-0.05, 0) is 35.9 Å². The Balaban J connectivity index is 1.40. The molecule has 0 saturated carbocycles. The molecule has 4 rings (SSSR count). The van der Waals surface area contributed by atoms with E-state index in [1.165, 1.54) is 11.3 Å². The Morgan fingerprint density at radius 1 is 1.04 bits per heavy atom. The first-order valence-electron chi connectivity index (χ1n) is 9.58. The van der Waals surface area contributed by atoms with Crippen LogP contribution in [0.4, 0.5) is 5.95 Å². The number of piperazine rings is 1. The van der Waals surface area contributed by atoms with Crippen molar-refractivity contribution in [2.75, 3.05) is 31.1 Å². The van der Waals surface area contributed by atoms with E-state index in [9.17, 15) is 0 Å². The maximum Gasteiger partial charge on any atom is 0.250 e. The van der Waals surface area contributed by atoms with Crippen molar-refractivity contribution in [1.29, 1.82) is 0 Å². The predicted molar refractivity (Wildman–Crippen MR) is 104 cm³/mol. The van der Waals surface area contributed by atoms with Gasteiger partial charge in [0.25, 0.3) is 0 Å². The molecule has 142 valence electrons. The number of tetrazole rings is 1. The van der Waals surface area contributed by atoms with Crippen LogP contribution in [0.1, 0.15) is 24.6 Å². The Morgan fingerprint density at radius 3 is 2.56 bits per heavy atom. The van der Waals surface area contributed by atoms with E-state index >= 15 is 0 Å². The fraction of sp³-hybridized carbons (Fsp3) is 0.474. The summed E-state index contributed by atoms with van der Waals surface area (Å²) < 4.78 is 3.92. The topological polar surface area (TPSA) is 67.9 Å². The van der Waals surface area contributed by atoms with Gasteiger partial charge in [0.05, 0.1) is 11.9 Å². The Bertz CT molecular complexity index is 861. The van der Waals surface area contributed by atoms with Gasteiger partial charge in [0, 0.05) is 50.5 Å². The predicted octanol–water partition coefficient (Wildman–Crippen LogP) is 1.90. The Labute approximate surface area is 159 Å². The lowest BCUT2D eigenvalue weighted by atomic mass is 10.2. The number of hydrogen-bond donors (Lipinski definition) is 0. The van der Waals surface area contributed by atoms with E-state index in [0.29, 0.717) is 0 Å². The number of aromatic nitrogens is 6. The zero-order valence-corrected chi connectivity index (χ0v) is 16.0. The van der Waals surface area contributed by atoms with Crippen molar-refractivity contribution in [2.45, 2.75) is 33.4 Å². The number of benzene rings is 1. The van der Waals surface area contributed by atoms with E-state index in [1.807, 2.05) is 41.2 Å². The van der Waals surface area contributed by atoms with Gasteiger partial charge in [-0.1, -0.05) is 30.2 Å². The summed E-state index contributed by atoms with van der Waals surface area (Å²) in [6, 6.07) is 10.0. The molecule has 0 aliphatic carbocycles. The van der Waals surface area contributed by atoms with Crippen molar-refractivity contribution in [2.24, 2.45) is 0 Å². The average Bonchev–Trinajstić information content (AvgIpc) is 3.32. The fourth-order valence-corrected chi connectivity index (χ4v) is 3.54. The number of hydrogen-bond acceptors (Lipinski definition) is 6. The number of rotatable bonds is 6. The van der Waals surface area contributed by atoms with Crippen LogP contribution in [0.3, 0.4) is 0 Å². The molecule has 0 spiro atoms. The van der Waals surface area contributed by atoms with Gasteiger partial charge in [-0.2, -0.15) is 9.78 Å². The van der Waals surface area contributed by atoms with Crippen molar-refractivity contribution in [3.8, 4) is 5.69 Å². The van der Waals surface area contributed by atoms with Crippen LogP contribution >= 0.6 is 0 Å². The van der Waals surface area contributed by atoms with Crippen molar-refractivity contribution in [3.63, 3.8) is 0 Å². The van der Waals surface area contributed by atoms with Gasteiger partial charge >= 0.3 is 0 Å². The minimum Gasteiger partial charge on any atom is -0.337 e. The highest BCUT2D eigenvalue weighted by molar-refractivity contribution is 5.40. The lowest BCUT2D eigenvalue weighted by Gasteiger charge is -2.34. The summed E-state index contributed by atoms with van der Waals surface area (Å²) in [5, 5.41) is 16.8. The number of aryl methyl sites for hydroxylation is 1. The molecule has 8 nitrogen and oxygen atoms in total.